The van der Waals surface area contributed by atoms with Crippen LogP contribution in [0.5, 0.6) is 11.5 Å². The Morgan fingerprint density at radius 3 is 2.52 bits per heavy atom. The molecule has 2 heterocycles. The van der Waals surface area contributed by atoms with Gasteiger partial charge in [-0.1, -0.05) is 42.5 Å². The van der Waals surface area contributed by atoms with Gasteiger partial charge in [0, 0.05) is 12.7 Å². The number of ether oxygens (including phenoxy) is 2. The van der Waals surface area contributed by atoms with Crippen molar-refractivity contribution in [2.24, 2.45) is 0 Å². The van der Waals surface area contributed by atoms with Crippen LogP contribution in [0, 0.1) is 0 Å². The number of carbonyl (C=O) groups is 1. The maximum Gasteiger partial charge on any atom is 0.255 e. The average molecular weight is 434 g/mol. The van der Waals surface area contributed by atoms with Gasteiger partial charge in [-0.3, -0.25) is 9.48 Å². The Hall–Kier alpha value is -3.58. The molecule has 0 spiro atoms. The summed E-state index contributed by atoms with van der Waals surface area (Å²) in [6.07, 6.45) is 1.81. The monoisotopic (exact) mass is 433 g/mol. The van der Waals surface area contributed by atoms with Crippen molar-refractivity contribution < 1.29 is 14.3 Å². The van der Waals surface area contributed by atoms with Crippen molar-refractivity contribution in [3.05, 3.63) is 88.9 Å². The van der Waals surface area contributed by atoms with E-state index in [1.807, 2.05) is 76.9 Å². The molecule has 6 nitrogen and oxygen atoms in total. The van der Waals surface area contributed by atoms with E-state index in [9.17, 15) is 4.79 Å². The smallest absolute Gasteiger partial charge is 0.255 e. The van der Waals surface area contributed by atoms with Gasteiger partial charge in [-0.15, -0.1) is 11.3 Å². The number of hydrogen-bond donors (Lipinski definition) is 1. The van der Waals surface area contributed by atoms with E-state index in [0.717, 1.165) is 16.0 Å². The average Bonchev–Trinajstić information content (AvgIpc) is 3.48. The second-order valence-electron chi connectivity index (χ2n) is 6.92. The highest BCUT2D eigenvalue weighted by Gasteiger charge is 2.19. The molecular formula is C24H23N3O3S. The van der Waals surface area contributed by atoms with E-state index in [1.165, 1.54) is 0 Å². The first-order valence-corrected chi connectivity index (χ1v) is 10.7. The van der Waals surface area contributed by atoms with Gasteiger partial charge in [-0.2, -0.15) is 5.10 Å². The standard InChI is InChI=1S/C24H23N3O3S/c1-29-20-11-10-18(13-21(20)30-2)14-25-24(28)19-16-27(15-17-7-4-3-5-8-17)26-23(19)22-9-6-12-31-22/h3-13,16H,14-15H2,1-2H3,(H,25,28). The van der Waals surface area contributed by atoms with Gasteiger partial charge in [-0.05, 0) is 34.7 Å². The van der Waals surface area contributed by atoms with Gasteiger partial charge < -0.3 is 14.8 Å². The van der Waals surface area contributed by atoms with E-state index in [2.05, 4.69) is 5.32 Å². The molecule has 0 saturated carbocycles. The SMILES string of the molecule is COc1ccc(CNC(=O)c2cn(Cc3ccccc3)nc2-c2cccs2)cc1OC. The highest BCUT2D eigenvalue weighted by Crippen LogP contribution is 2.29. The molecule has 2 aromatic heterocycles. The zero-order chi connectivity index (χ0) is 21.6. The number of rotatable bonds is 8. The molecule has 0 aliphatic heterocycles. The highest BCUT2D eigenvalue weighted by molar-refractivity contribution is 7.13. The van der Waals surface area contributed by atoms with Crippen LogP contribution in [0.3, 0.4) is 0 Å². The van der Waals surface area contributed by atoms with Crippen molar-refractivity contribution >= 4 is 17.2 Å². The van der Waals surface area contributed by atoms with Gasteiger partial charge in [0.15, 0.2) is 11.5 Å². The number of hydrogen-bond acceptors (Lipinski definition) is 5. The summed E-state index contributed by atoms with van der Waals surface area (Å²) in [4.78, 5) is 14.0. The fourth-order valence-electron chi connectivity index (χ4n) is 3.30. The first-order chi connectivity index (χ1) is 15.2. The quantitative estimate of drug-likeness (QED) is 0.441. The first-order valence-electron chi connectivity index (χ1n) is 9.82. The maximum absolute atomic E-state index is 13.1. The number of nitrogens with zero attached hydrogens (tertiary/aromatic N) is 2. The summed E-state index contributed by atoms with van der Waals surface area (Å²) in [5.74, 6) is 1.11. The molecule has 2 aromatic carbocycles. The van der Waals surface area contributed by atoms with Crippen LogP contribution in [0.25, 0.3) is 10.6 Å². The molecule has 7 heteroatoms. The molecule has 0 saturated heterocycles. The summed E-state index contributed by atoms with van der Waals surface area (Å²) in [6, 6.07) is 19.6. The molecule has 0 atom stereocenters. The lowest BCUT2D eigenvalue weighted by Gasteiger charge is -2.10. The van der Waals surface area contributed by atoms with Crippen LogP contribution in [-0.2, 0) is 13.1 Å². The Morgan fingerprint density at radius 1 is 1.00 bits per heavy atom. The third kappa shape index (κ3) is 4.78. The van der Waals surface area contributed by atoms with Crippen LogP contribution in [0.4, 0.5) is 0 Å². The van der Waals surface area contributed by atoms with Crippen LogP contribution in [0.1, 0.15) is 21.5 Å². The fraction of sp³-hybridized carbons (Fsp3) is 0.167. The fourth-order valence-corrected chi connectivity index (χ4v) is 4.03. The third-order valence-electron chi connectivity index (χ3n) is 4.85. The molecule has 0 fully saturated rings. The summed E-state index contributed by atoms with van der Waals surface area (Å²) in [5, 5.41) is 9.69. The normalized spacial score (nSPS) is 10.6. The van der Waals surface area contributed by atoms with E-state index in [4.69, 9.17) is 14.6 Å². The molecular weight excluding hydrogens is 410 g/mol. The van der Waals surface area contributed by atoms with Crippen molar-refractivity contribution in [2.45, 2.75) is 13.1 Å². The van der Waals surface area contributed by atoms with Crippen molar-refractivity contribution in [2.75, 3.05) is 14.2 Å². The lowest BCUT2D eigenvalue weighted by molar-refractivity contribution is 0.0951. The van der Waals surface area contributed by atoms with E-state index in [1.54, 1.807) is 25.6 Å². The van der Waals surface area contributed by atoms with E-state index in [-0.39, 0.29) is 5.91 Å². The van der Waals surface area contributed by atoms with Crippen molar-refractivity contribution in [1.82, 2.24) is 15.1 Å². The summed E-state index contributed by atoms with van der Waals surface area (Å²) >= 11 is 1.56. The van der Waals surface area contributed by atoms with E-state index >= 15 is 0 Å². The van der Waals surface area contributed by atoms with Crippen LogP contribution in [0.2, 0.25) is 0 Å². The van der Waals surface area contributed by atoms with Crippen LogP contribution in [0.15, 0.2) is 72.2 Å². The molecule has 0 aliphatic carbocycles. The number of methoxy groups -OCH3 is 2. The van der Waals surface area contributed by atoms with Gasteiger partial charge in [-0.25, -0.2) is 0 Å². The van der Waals surface area contributed by atoms with Gasteiger partial charge in [0.1, 0.15) is 5.69 Å². The number of amides is 1. The molecule has 0 unspecified atom stereocenters. The first kappa shape index (κ1) is 20.7. The molecule has 31 heavy (non-hydrogen) atoms. The Labute approximate surface area is 185 Å². The molecule has 4 aromatic rings. The van der Waals surface area contributed by atoms with Gasteiger partial charge in [0.05, 0.1) is 31.2 Å². The van der Waals surface area contributed by atoms with Gasteiger partial charge in [0.2, 0.25) is 0 Å². The third-order valence-corrected chi connectivity index (χ3v) is 5.73. The zero-order valence-electron chi connectivity index (χ0n) is 17.4. The summed E-state index contributed by atoms with van der Waals surface area (Å²) in [7, 11) is 3.19. The predicted octanol–water partition coefficient (Wildman–Crippen LogP) is 4.61. The summed E-state index contributed by atoms with van der Waals surface area (Å²) < 4.78 is 12.4. The molecule has 0 radical (unpaired) electrons. The molecule has 0 bridgehead atoms. The zero-order valence-corrected chi connectivity index (χ0v) is 18.2. The minimum absolute atomic E-state index is 0.169. The number of carbonyl (C=O) groups excluding carboxylic acids is 1. The van der Waals surface area contributed by atoms with Gasteiger partial charge in [0.25, 0.3) is 5.91 Å². The minimum atomic E-state index is -0.169. The topological polar surface area (TPSA) is 65.4 Å². The second-order valence-corrected chi connectivity index (χ2v) is 7.87. The number of nitrogens with one attached hydrogen (secondary N) is 1. The van der Waals surface area contributed by atoms with Gasteiger partial charge >= 0.3 is 0 Å². The minimum Gasteiger partial charge on any atom is -0.493 e. The number of benzene rings is 2. The molecule has 1 amide bonds. The van der Waals surface area contributed by atoms with Crippen molar-refractivity contribution in [3.63, 3.8) is 0 Å². The lowest BCUT2D eigenvalue weighted by Crippen LogP contribution is -2.23. The molecule has 158 valence electrons. The molecule has 1 N–H and O–H groups in total. The van der Waals surface area contributed by atoms with Crippen molar-refractivity contribution in [3.8, 4) is 22.1 Å². The van der Waals surface area contributed by atoms with Crippen LogP contribution >= 0.6 is 11.3 Å². The van der Waals surface area contributed by atoms with E-state index in [0.29, 0.717) is 35.8 Å². The lowest BCUT2D eigenvalue weighted by atomic mass is 10.1. The Balaban J connectivity index is 1.55. The second kappa shape index (κ2) is 9.49. The Bertz CT molecular complexity index is 1150. The number of aromatic nitrogens is 2. The van der Waals surface area contributed by atoms with Crippen LogP contribution in [-0.4, -0.2) is 29.9 Å². The summed E-state index contributed by atoms with van der Waals surface area (Å²) in [6.45, 7) is 0.967. The number of thiophene rings is 1. The summed E-state index contributed by atoms with van der Waals surface area (Å²) in [5.41, 5.74) is 3.29. The molecule has 4 rings (SSSR count). The Kier molecular flexibility index (Phi) is 6.33. The van der Waals surface area contributed by atoms with Crippen LogP contribution < -0.4 is 14.8 Å². The largest absolute Gasteiger partial charge is 0.493 e. The van der Waals surface area contributed by atoms with E-state index < -0.39 is 0 Å². The van der Waals surface area contributed by atoms with Crippen molar-refractivity contribution in [1.29, 1.82) is 0 Å². The molecule has 0 aliphatic rings. The maximum atomic E-state index is 13.1. The predicted molar refractivity (Wildman–Crippen MR) is 122 cm³/mol. The highest BCUT2D eigenvalue weighted by atomic mass is 32.1. The Morgan fingerprint density at radius 2 is 1.81 bits per heavy atom.